The number of aliphatic hydroxyl groups excluding tert-OH is 1. The standard InChI is InChI=1S/C19H28O3/c1-5-17(20)11-7-9-15(2)8-6-10-16-12-18(21-3)14-19(13-16)22-4/h5,8,12-14,17,20H,1,6-7,9-11H2,2-4H3/b15-8+. The SMILES string of the molecule is C=CC(O)CCC/C(C)=C/CCc1cc(OC)cc(OC)c1. The van der Waals surface area contributed by atoms with E-state index in [1.54, 1.807) is 20.3 Å². The predicted octanol–water partition coefficient (Wildman–Crippen LogP) is 4.30. The van der Waals surface area contributed by atoms with Gasteiger partial charge in [-0.25, -0.2) is 0 Å². The lowest BCUT2D eigenvalue weighted by Gasteiger charge is -2.08. The summed E-state index contributed by atoms with van der Waals surface area (Å²) in [7, 11) is 3.33. The molecule has 0 spiro atoms. The average Bonchev–Trinajstić information content (AvgIpc) is 2.54. The number of allylic oxidation sites excluding steroid dienone is 2. The van der Waals surface area contributed by atoms with Gasteiger partial charge in [0.05, 0.1) is 20.3 Å². The topological polar surface area (TPSA) is 38.7 Å². The summed E-state index contributed by atoms with van der Waals surface area (Å²) < 4.78 is 10.6. The van der Waals surface area contributed by atoms with Crippen molar-refractivity contribution in [3.05, 3.63) is 48.1 Å². The van der Waals surface area contributed by atoms with Crippen molar-refractivity contribution in [2.24, 2.45) is 0 Å². The zero-order chi connectivity index (χ0) is 16.4. The molecule has 1 rings (SSSR count). The minimum absolute atomic E-state index is 0.378. The third kappa shape index (κ3) is 6.81. The van der Waals surface area contributed by atoms with Crippen LogP contribution in [-0.2, 0) is 6.42 Å². The third-order valence-corrected chi connectivity index (χ3v) is 3.68. The number of hydrogen-bond donors (Lipinski definition) is 1. The number of aliphatic hydroxyl groups is 1. The van der Waals surface area contributed by atoms with Crippen molar-refractivity contribution in [3.63, 3.8) is 0 Å². The van der Waals surface area contributed by atoms with Crippen LogP contribution in [0, 0.1) is 0 Å². The molecule has 1 N–H and O–H groups in total. The summed E-state index contributed by atoms with van der Waals surface area (Å²) in [6.45, 7) is 5.73. The van der Waals surface area contributed by atoms with Crippen LogP contribution in [0.15, 0.2) is 42.5 Å². The first kappa shape index (κ1) is 18.3. The van der Waals surface area contributed by atoms with E-state index in [0.29, 0.717) is 0 Å². The van der Waals surface area contributed by atoms with Crippen molar-refractivity contribution in [3.8, 4) is 11.5 Å². The maximum Gasteiger partial charge on any atom is 0.122 e. The number of ether oxygens (including phenoxy) is 2. The summed E-state index contributed by atoms with van der Waals surface area (Å²) in [6, 6.07) is 5.98. The highest BCUT2D eigenvalue weighted by atomic mass is 16.5. The molecule has 0 amide bonds. The van der Waals surface area contributed by atoms with Crippen molar-refractivity contribution < 1.29 is 14.6 Å². The molecule has 0 aromatic heterocycles. The van der Waals surface area contributed by atoms with Crippen molar-refractivity contribution in [1.82, 2.24) is 0 Å². The second-order valence-electron chi connectivity index (χ2n) is 5.51. The molecule has 0 heterocycles. The lowest BCUT2D eigenvalue weighted by Crippen LogP contribution is -2.00. The number of rotatable bonds is 10. The van der Waals surface area contributed by atoms with Gasteiger partial charge in [-0.2, -0.15) is 0 Å². The Balaban J connectivity index is 2.45. The van der Waals surface area contributed by atoms with E-state index in [-0.39, 0.29) is 6.10 Å². The van der Waals surface area contributed by atoms with Gasteiger partial charge in [0, 0.05) is 6.07 Å². The third-order valence-electron chi connectivity index (χ3n) is 3.68. The molecule has 1 unspecified atom stereocenters. The maximum atomic E-state index is 9.43. The maximum absolute atomic E-state index is 9.43. The Morgan fingerprint density at radius 3 is 2.41 bits per heavy atom. The molecule has 0 aliphatic heterocycles. The molecule has 0 fully saturated rings. The quantitative estimate of drug-likeness (QED) is 0.655. The molecule has 122 valence electrons. The fraction of sp³-hybridized carbons (Fsp3) is 0.474. The Morgan fingerprint density at radius 2 is 1.86 bits per heavy atom. The highest BCUT2D eigenvalue weighted by molar-refractivity contribution is 5.38. The Labute approximate surface area is 134 Å². The predicted molar refractivity (Wildman–Crippen MR) is 91.7 cm³/mol. The summed E-state index contributed by atoms with van der Waals surface area (Å²) in [5, 5.41) is 9.43. The van der Waals surface area contributed by atoms with Crippen LogP contribution in [-0.4, -0.2) is 25.4 Å². The molecule has 3 nitrogen and oxygen atoms in total. The molecule has 1 aromatic rings. The van der Waals surface area contributed by atoms with E-state index in [9.17, 15) is 5.11 Å². The summed E-state index contributed by atoms with van der Waals surface area (Å²) >= 11 is 0. The second-order valence-corrected chi connectivity index (χ2v) is 5.51. The van der Waals surface area contributed by atoms with Gasteiger partial charge in [-0.05, 0) is 56.7 Å². The Morgan fingerprint density at radius 1 is 1.23 bits per heavy atom. The van der Waals surface area contributed by atoms with Gasteiger partial charge in [0.25, 0.3) is 0 Å². The molecule has 0 bridgehead atoms. The van der Waals surface area contributed by atoms with Gasteiger partial charge in [-0.3, -0.25) is 0 Å². The van der Waals surface area contributed by atoms with Crippen LogP contribution in [0.4, 0.5) is 0 Å². The molecule has 0 aliphatic carbocycles. The minimum Gasteiger partial charge on any atom is -0.497 e. The summed E-state index contributed by atoms with van der Waals surface area (Å²) in [6.07, 6.45) is 8.22. The van der Waals surface area contributed by atoms with E-state index in [1.807, 2.05) is 18.2 Å². The van der Waals surface area contributed by atoms with Gasteiger partial charge in [0.15, 0.2) is 0 Å². The lowest BCUT2D eigenvalue weighted by molar-refractivity contribution is 0.210. The van der Waals surface area contributed by atoms with Crippen LogP contribution in [0.1, 0.15) is 38.2 Å². The first-order valence-corrected chi connectivity index (χ1v) is 7.77. The molecule has 3 heteroatoms. The molecule has 0 aliphatic rings. The Hall–Kier alpha value is -1.74. The lowest BCUT2D eigenvalue weighted by atomic mass is 10.0. The van der Waals surface area contributed by atoms with Gasteiger partial charge >= 0.3 is 0 Å². The zero-order valence-electron chi connectivity index (χ0n) is 14.0. The first-order valence-electron chi connectivity index (χ1n) is 7.77. The van der Waals surface area contributed by atoms with Crippen LogP contribution in [0.5, 0.6) is 11.5 Å². The molecule has 0 saturated heterocycles. The van der Waals surface area contributed by atoms with Crippen molar-refractivity contribution in [2.45, 2.75) is 45.1 Å². The monoisotopic (exact) mass is 304 g/mol. The van der Waals surface area contributed by atoms with Crippen molar-refractivity contribution in [1.29, 1.82) is 0 Å². The first-order chi connectivity index (χ1) is 10.6. The molecule has 0 saturated carbocycles. The number of benzene rings is 1. The van der Waals surface area contributed by atoms with Gasteiger partial charge in [-0.15, -0.1) is 6.58 Å². The molecular formula is C19H28O3. The molecule has 22 heavy (non-hydrogen) atoms. The Kier molecular flexibility index (Phi) is 8.38. The van der Waals surface area contributed by atoms with Crippen LogP contribution < -0.4 is 9.47 Å². The minimum atomic E-state index is -0.378. The van der Waals surface area contributed by atoms with Crippen LogP contribution in [0.3, 0.4) is 0 Å². The number of hydrogen-bond acceptors (Lipinski definition) is 3. The zero-order valence-corrected chi connectivity index (χ0v) is 14.0. The molecule has 1 atom stereocenters. The normalized spacial score (nSPS) is 12.8. The molecule has 0 radical (unpaired) electrons. The largest absolute Gasteiger partial charge is 0.497 e. The van der Waals surface area contributed by atoms with Crippen LogP contribution in [0.25, 0.3) is 0 Å². The molecular weight excluding hydrogens is 276 g/mol. The second kappa shape index (κ2) is 10.1. The fourth-order valence-corrected chi connectivity index (χ4v) is 2.31. The summed E-state index contributed by atoms with van der Waals surface area (Å²) in [5.41, 5.74) is 2.58. The van der Waals surface area contributed by atoms with Gasteiger partial charge < -0.3 is 14.6 Å². The van der Waals surface area contributed by atoms with Crippen molar-refractivity contribution in [2.75, 3.05) is 14.2 Å². The number of aryl methyl sites for hydroxylation is 1. The van der Waals surface area contributed by atoms with E-state index in [1.165, 1.54) is 11.1 Å². The Bertz CT molecular complexity index is 469. The van der Waals surface area contributed by atoms with E-state index in [0.717, 1.165) is 43.6 Å². The van der Waals surface area contributed by atoms with E-state index in [4.69, 9.17) is 9.47 Å². The summed E-state index contributed by atoms with van der Waals surface area (Å²) in [5.74, 6) is 1.65. The average molecular weight is 304 g/mol. The smallest absolute Gasteiger partial charge is 0.122 e. The highest BCUT2D eigenvalue weighted by Crippen LogP contribution is 2.23. The van der Waals surface area contributed by atoms with E-state index < -0.39 is 0 Å². The summed E-state index contributed by atoms with van der Waals surface area (Å²) in [4.78, 5) is 0. The van der Waals surface area contributed by atoms with Crippen LogP contribution >= 0.6 is 0 Å². The van der Waals surface area contributed by atoms with Gasteiger partial charge in [0.2, 0.25) is 0 Å². The fourth-order valence-electron chi connectivity index (χ4n) is 2.31. The van der Waals surface area contributed by atoms with E-state index in [2.05, 4.69) is 19.6 Å². The van der Waals surface area contributed by atoms with Gasteiger partial charge in [-0.1, -0.05) is 17.7 Å². The molecule has 1 aromatic carbocycles. The van der Waals surface area contributed by atoms with E-state index >= 15 is 0 Å². The van der Waals surface area contributed by atoms with Crippen molar-refractivity contribution >= 4 is 0 Å². The number of methoxy groups -OCH3 is 2. The van der Waals surface area contributed by atoms with Gasteiger partial charge in [0.1, 0.15) is 11.5 Å². The highest BCUT2D eigenvalue weighted by Gasteiger charge is 2.02. The van der Waals surface area contributed by atoms with Crippen LogP contribution in [0.2, 0.25) is 0 Å².